The number of para-hydroxylation sites is 2. The van der Waals surface area contributed by atoms with Crippen molar-refractivity contribution in [3.8, 4) is 5.75 Å². The van der Waals surface area contributed by atoms with Gasteiger partial charge in [0.1, 0.15) is 5.75 Å². The maximum absolute atomic E-state index is 5.29. The zero-order chi connectivity index (χ0) is 13.5. The molecule has 100 valence electrons. The zero-order valence-corrected chi connectivity index (χ0v) is 11.4. The van der Waals surface area contributed by atoms with E-state index in [4.69, 9.17) is 4.74 Å². The number of aryl methyl sites for hydroxylation is 1. The molecule has 2 aromatic rings. The first-order valence-electron chi connectivity index (χ1n) is 6.47. The third kappa shape index (κ3) is 3.91. The van der Waals surface area contributed by atoms with Gasteiger partial charge >= 0.3 is 0 Å². The normalized spacial score (nSPS) is 10.0. The molecule has 0 saturated heterocycles. The first-order chi connectivity index (χ1) is 9.29. The molecular weight excluding hydrogens is 236 g/mol. The van der Waals surface area contributed by atoms with E-state index in [0.717, 1.165) is 30.2 Å². The SMILES string of the molecule is COc1ccccc1NCCNc1ccc(C)cc1. The molecule has 2 aromatic carbocycles. The predicted octanol–water partition coefficient (Wildman–Crippen LogP) is 3.53. The first kappa shape index (κ1) is 13.3. The fourth-order valence-corrected chi connectivity index (χ4v) is 1.87. The zero-order valence-electron chi connectivity index (χ0n) is 11.4. The van der Waals surface area contributed by atoms with Crippen LogP contribution in [0.15, 0.2) is 48.5 Å². The van der Waals surface area contributed by atoms with E-state index in [1.807, 2.05) is 24.3 Å². The number of nitrogens with one attached hydrogen (secondary N) is 2. The van der Waals surface area contributed by atoms with Gasteiger partial charge in [-0.25, -0.2) is 0 Å². The van der Waals surface area contributed by atoms with Crippen LogP contribution in [0.1, 0.15) is 5.56 Å². The molecule has 0 aliphatic rings. The van der Waals surface area contributed by atoms with Gasteiger partial charge in [-0.3, -0.25) is 0 Å². The molecule has 2 N–H and O–H groups in total. The van der Waals surface area contributed by atoms with Crippen molar-refractivity contribution < 1.29 is 4.74 Å². The monoisotopic (exact) mass is 256 g/mol. The van der Waals surface area contributed by atoms with Gasteiger partial charge in [-0.2, -0.15) is 0 Å². The number of methoxy groups -OCH3 is 1. The standard InChI is InChI=1S/C16H20N2O/c1-13-7-9-14(10-8-13)17-11-12-18-15-5-3-4-6-16(15)19-2/h3-10,17-18H,11-12H2,1-2H3. The highest BCUT2D eigenvalue weighted by Gasteiger charge is 1.99. The van der Waals surface area contributed by atoms with Crippen molar-refractivity contribution in [2.75, 3.05) is 30.8 Å². The van der Waals surface area contributed by atoms with Gasteiger partial charge in [0.15, 0.2) is 0 Å². The Morgan fingerprint density at radius 2 is 1.58 bits per heavy atom. The van der Waals surface area contributed by atoms with Crippen LogP contribution in [0.3, 0.4) is 0 Å². The molecule has 0 amide bonds. The van der Waals surface area contributed by atoms with E-state index in [1.165, 1.54) is 5.56 Å². The highest BCUT2D eigenvalue weighted by Crippen LogP contribution is 2.22. The van der Waals surface area contributed by atoms with Crippen molar-refractivity contribution in [2.45, 2.75) is 6.92 Å². The summed E-state index contributed by atoms with van der Waals surface area (Å²) < 4.78 is 5.29. The molecule has 0 spiro atoms. The lowest BCUT2D eigenvalue weighted by Crippen LogP contribution is -2.14. The summed E-state index contributed by atoms with van der Waals surface area (Å²) in [6.07, 6.45) is 0. The van der Waals surface area contributed by atoms with Gasteiger partial charge in [-0.05, 0) is 31.2 Å². The topological polar surface area (TPSA) is 33.3 Å². The molecule has 3 heteroatoms. The highest BCUT2D eigenvalue weighted by molar-refractivity contribution is 5.56. The molecule has 2 rings (SSSR count). The lowest BCUT2D eigenvalue weighted by atomic mass is 10.2. The van der Waals surface area contributed by atoms with Crippen molar-refractivity contribution in [2.24, 2.45) is 0 Å². The Kier molecular flexibility index (Phi) is 4.67. The smallest absolute Gasteiger partial charge is 0.141 e. The summed E-state index contributed by atoms with van der Waals surface area (Å²) in [5.41, 5.74) is 3.45. The Bertz CT molecular complexity index is 508. The Balaban J connectivity index is 1.79. The van der Waals surface area contributed by atoms with E-state index in [9.17, 15) is 0 Å². The molecule has 0 aromatic heterocycles. The van der Waals surface area contributed by atoms with Crippen molar-refractivity contribution >= 4 is 11.4 Å². The molecule has 0 bridgehead atoms. The van der Waals surface area contributed by atoms with Crippen LogP contribution >= 0.6 is 0 Å². The summed E-state index contributed by atoms with van der Waals surface area (Å²) in [5.74, 6) is 0.873. The Morgan fingerprint density at radius 1 is 0.895 bits per heavy atom. The molecular formula is C16H20N2O. The molecule has 0 saturated carbocycles. The fourth-order valence-electron chi connectivity index (χ4n) is 1.87. The van der Waals surface area contributed by atoms with E-state index in [2.05, 4.69) is 41.8 Å². The van der Waals surface area contributed by atoms with Gasteiger partial charge in [-0.15, -0.1) is 0 Å². The molecule has 0 atom stereocenters. The molecule has 19 heavy (non-hydrogen) atoms. The van der Waals surface area contributed by atoms with E-state index < -0.39 is 0 Å². The summed E-state index contributed by atoms with van der Waals surface area (Å²) >= 11 is 0. The molecule has 0 unspecified atom stereocenters. The second kappa shape index (κ2) is 6.69. The van der Waals surface area contributed by atoms with Crippen LogP contribution in [0.25, 0.3) is 0 Å². The van der Waals surface area contributed by atoms with Gasteiger partial charge in [0.25, 0.3) is 0 Å². The van der Waals surface area contributed by atoms with Crippen LogP contribution in [0, 0.1) is 6.92 Å². The van der Waals surface area contributed by atoms with E-state index >= 15 is 0 Å². The molecule has 0 radical (unpaired) electrons. The van der Waals surface area contributed by atoms with Crippen molar-refractivity contribution in [1.82, 2.24) is 0 Å². The number of anilines is 2. The van der Waals surface area contributed by atoms with Gasteiger partial charge in [0.2, 0.25) is 0 Å². The van der Waals surface area contributed by atoms with Crippen LogP contribution in [-0.4, -0.2) is 20.2 Å². The van der Waals surface area contributed by atoms with E-state index in [-0.39, 0.29) is 0 Å². The minimum absolute atomic E-state index is 0.842. The number of ether oxygens (including phenoxy) is 1. The second-order valence-corrected chi connectivity index (χ2v) is 4.42. The molecule has 0 heterocycles. The van der Waals surface area contributed by atoms with Gasteiger partial charge < -0.3 is 15.4 Å². The molecule has 0 fully saturated rings. The van der Waals surface area contributed by atoms with Crippen LogP contribution < -0.4 is 15.4 Å². The molecule has 0 aliphatic carbocycles. The maximum atomic E-state index is 5.29. The van der Waals surface area contributed by atoms with Crippen LogP contribution in [0.4, 0.5) is 11.4 Å². The van der Waals surface area contributed by atoms with Gasteiger partial charge in [-0.1, -0.05) is 29.8 Å². The lowest BCUT2D eigenvalue weighted by Gasteiger charge is -2.12. The van der Waals surface area contributed by atoms with E-state index in [0.29, 0.717) is 0 Å². The summed E-state index contributed by atoms with van der Waals surface area (Å²) in [4.78, 5) is 0. The minimum atomic E-state index is 0.842. The summed E-state index contributed by atoms with van der Waals surface area (Å²) in [6, 6.07) is 16.3. The quantitative estimate of drug-likeness (QED) is 0.776. The Morgan fingerprint density at radius 3 is 2.32 bits per heavy atom. The van der Waals surface area contributed by atoms with Crippen molar-refractivity contribution in [3.63, 3.8) is 0 Å². The third-order valence-electron chi connectivity index (χ3n) is 2.93. The maximum Gasteiger partial charge on any atom is 0.141 e. The van der Waals surface area contributed by atoms with Crippen LogP contribution in [-0.2, 0) is 0 Å². The number of hydrogen-bond acceptors (Lipinski definition) is 3. The largest absolute Gasteiger partial charge is 0.495 e. The van der Waals surface area contributed by atoms with Gasteiger partial charge in [0, 0.05) is 18.8 Å². The summed E-state index contributed by atoms with van der Waals surface area (Å²) in [6.45, 7) is 3.79. The fraction of sp³-hybridized carbons (Fsp3) is 0.250. The number of benzene rings is 2. The highest BCUT2D eigenvalue weighted by atomic mass is 16.5. The molecule has 3 nitrogen and oxygen atoms in total. The minimum Gasteiger partial charge on any atom is -0.495 e. The number of rotatable bonds is 6. The van der Waals surface area contributed by atoms with Crippen LogP contribution in [0.5, 0.6) is 5.75 Å². The van der Waals surface area contributed by atoms with Crippen LogP contribution in [0.2, 0.25) is 0 Å². The van der Waals surface area contributed by atoms with Crippen molar-refractivity contribution in [3.05, 3.63) is 54.1 Å². The average molecular weight is 256 g/mol. The predicted molar refractivity (Wildman–Crippen MR) is 81.2 cm³/mol. The van der Waals surface area contributed by atoms with E-state index in [1.54, 1.807) is 7.11 Å². The Labute approximate surface area is 114 Å². The summed E-state index contributed by atoms with van der Waals surface area (Å²) in [5, 5.41) is 6.73. The second-order valence-electron chi connectivity index (χ2n) is 4.42. The first-order valence-corrected chi connectivity index (χ1v) is 6.47. The molecule has 0 aliphatic heterocycles. The number of hydrogen-bond donors (Lipinski definition) is 2. The Hall–Kier alpha value is -2.16. The van der Waals surface area contributed by atoms with Crippen molar-refractivity contribution in [1.29, 1.82) is 0 Å². The summed E-state index contributed by atoms with van der Waals surface area (Å²) in [7, 11) is 1.69. The average Bonchev–Trinajstić information content (AvgIpc) is 2.46. The van der Waals surface area contributed by atoms with Gasteiger partial charge in [0.05, 0.1) is 12.8 Å². The lowest BCUT2D eigenvalue weighted by molar-refractivity contribution is 0.416. The third-order valence-corrected chi connectivity index (χ3v) is 2.93.